The number of carbonyl (C=O) groups is 2. The lowest BCUT2D eigenvalue weighted by Crippen LogP contribution is -2.66. The fourth-order valence-corrected chi connectivity index (χ4v) is 3.00. The van der Waals surface area contributed by atoms with Crippen LogP contribution >= 0.6 is 0 Å². The topological polar surface area (TPSA) is 64.7 Å². The second-order valence-corrected chi connectivity index (χ2v) is 5.94. The van der Waals surface area contributed by atoms with Gasteiger partial charge in [-0.25, -0.2) is 0 Å². The average Bonchev–Trinajstić information content (AvgIpc) is 2.54. The Hall–Kier alpha value is -1.92. The molecule has 0 saturated carbocycles. The highest BCUT2D eigenvalue weighted by Gasteiger charge is 2.31. The molecule has 0 spiro atoms. The van der Waals surface area contributed by atoms with E-state index in [1.54, 1.807) is 0 Å². The van der Waals surface area contributed by atoms with Crippen LogP contribution in [0, 0.1) is 0 Å². The molecule has 22 heavy (non-hydrogen) atoms. The van der Waals surface area contributed by atoms with Gasteiger partial charge in [-0.1, -0.05) is 18.2 Å². The lowest BCUT2D eigenvalue weighted by atomic mass is 10.1. The van der Waals surface area contributed by atoms with Gasteiger partial charge in [-0.15, -0.1) is 0 Å². The van der Waals surface area contributed by atoms with E-state index in [1.807, 2.05) is 42.2 Å². The summed E-state index contributed by atoms with van der Waals surface area (Å²) in [5, 5.41) is 6.35. The molecule has 2 aliphatic heterocycles. The molecule has 3 rings (SSSR count). The van der Waals surface area contributed by atoms with Gasteiger partial charge in [0, 0.05) is 44.2 Å². The van der Waals surface area contributed by atoms with E-state index in [2.05, 4.69) is 15.5 Å². The SMILES string of the molecule is CC1CC(=O)NC(N2CCN(C(=O)c3ccccc3)CC2)N1. The molecule has 0 bridgehead atoms. The predicted molar refractivity (Wildman–Crippen MR) is 83.1 cm³/mol. The maximum absolute atomic E-state index is 12.4. The molecule has 2 fully saturated rings. The fourth-order valence-electron chi connectivity index (χ4n) is 3.00. The van der Waals surface area contributed by atoms with Crippen molar-refractivity contribution < 1.29 is 9.59 Å². The molecule has 118 valence electrons. The van der Waals surface area contributed by atoms with Crippen LogP contribution in [0.5, 0.6) is 0 Å². The highest BCUT2D eigenvalue weighted by atomic mass is 16.2. The molecule has 0 aromatic heterocycles. The Balaban J connectivity index is 1.56. The van der Waals surface area contributed by atoms with Crippen molar-refractivity contribution in [1.29, 1.82) is 0 Å². The Morgan fingerprint density at radius 2 is 1.82 bits per heavy atom. The van der Waals surface area contributed by atoms with E-state index < -0.39 is 0 Å². The third-order valence-corrected chi connectivity index (χ3v) is 4.22. The predicted octanol–water partition coefficient (Wildman–Crippen LogP) is 0.226. The Kier molecular flexibility index (Phi) is 4.40. The lowest BCUT2D eigenvalue weighted by molar-refractivity contribution is -0.127. The largest absolute Gasteiger partial charge is 0.336 e. The summed E-state index contributed by atoms with van der Waals surface area (Å²) in [7, 11) is 0. The molecule has 2 N–H and O–H groups in total. The first-order valence-corrected chi connectivity index (χ1v) is 7.77. The zero-order valence-corrected chi connectivity index (χ0v) is 12.8. The molecule has 2 heterocycles. The van der Waals surface area contributed by atoms with Crippen LogP contribution in [-0.2, 0) is 4.79 Å². The molecule has 2 aliphatic rings. The van der Waals surface area contributed by atoms with Crippen LogP contribution in [0.2, 0.25) is 0 Å². The molecule has 1 aromatic carbocycles. The summed E-state index contributed by atoms with van der Waals surface area (Å²) in [5.74, 6) is 0.160. The fraction of sp³-hybridized carbons (Fsp3) is 0.500. The smallest absolute Gasteiger partial charge is 0.253 e. The van der Waals surface area contributed by atoms with Gasteiger partial charge >= 0.3 is 0 Å². The van der Waals surface area contributed by atoms with Crippen LogP contribution in [0.1, 0.15) is 23.7 Å². The van der Waals surface area contributed by atoms with E-state index in [4.69, 9.17) is 0 Å². The molecular formula is C16H22N4O2. The zero-order chi connectivity index (χ0) is 15.5. The molecule has 2 saturated heterocycles. The van der Waals surface area contributed by atoms with Gasteiger partial charge in [0.2, 0.25) is 5.91 Å². The molecule has 6 heteroatoms. The Labute approximate surface area is 130 Å². The highest BCUT2D eigenvalue weighted by molar-refractivity contribution is 5.94. The van der Waals surface area contributed by atoms with Crippen LogP contribution in [-0.4, -0.2) is 60.1 Å². The minimum atomic E-state index is -0.120. The number of benzene rings is 1. The maximum Gasteiger partial charge on any atom is 0.253 e. The van der Waals surface area contributed by atoms with Gasteiger partial charge < -0.3 is 10.2 Å². The van der Waals surface area contributed by atoms with Crippen molar-refractivity contribution in [1.82, 2.24) is 20.4 Å². The number of hydrogen-bond donors (Lipinski definition) is 2. The molecule has 2 amide bonds. The summed E-state index contributed by atoms with van der Waals surface area (Å²) < 4.78 is 0. The average molecular weight is 302 g/mol. The van der Waals surface area contributed by atoms with Crippen LogP contribution < -0.4 is 10.6 Å². The van der Waals surface area contributed by atoms with Crippen molar-refractivity contribution in [3.63, 3.8) is 0 Å². The second kappa shape index (κ2) is 6.46. The Bertz CT molecular complexity index is 540. The minimum Gasteiger partial charge on any atom is -0.336 e. The normalized spacial score (nSPS) is 26.6. The first-order chi connectivity index (χ1) is 10.6. The van der Waals surface area contributed by atoms with Gasteiger partial charge in [-0.05, 0) is 19.1 Å². The van der Waals surface area contributed by atoms with Gasteiger partial charge in [0.1, 0.15) is 6.29 Å². The minimum absolute atomic E-state index is 0.0780. The number of carbonyl (C=O) groups excluding carboxylic acids is 2. The highest BCUT2D eigenvalue weighted by Crippen LogP contribution is 2.11. The summed E-state index contributed by atoms with van der Waals surface area (Å²) in [4.78, 5) is 28.1. The number of amides is 2. The first-order valence-electron chi connectivity index (χ1n) is 7.77. The van der Waals surface area contributed by atoms with Gasteiger partial charge in [-0.2, -0.15) is 0 Å². The van der Waals surface area contributed by atoms with Crippen molar-refractivity contribution in [3.05, 3.63) is 35.9 Å². The number of nitrogens with one attached hydrogen (secondary N) is 2. The third kappa shape index (κ3) is 3.28. The van der Waals surface area contributed by atoms with E-state index in [1.165, 1.54) is 0 Å². The van der Waals surface area contributed by atoms with Crippen molar-refractivity contribution >= 4 is 11.8 Å². The number of rotatable bonds is 2. The van der Waals surface area contributed by atoms with Crippen LogP contribution in [0.4, 0.5) is 0 Å². The van der Waals surface area contributed by atoms with Gasteiger partial charge in [-0.3, -0.25) is 19.8 Å². The summed E-state index contributed by atoms with van der Waals surface area (Å²) in [5.41, 5.74) is 0.730. The molecular weight excluding hydrogens is 280 g/mol. The Morgan fingerprint density at radius 1 is 1.14 bits per heavy atom. The lowest BCUT2D eigenvalue weighted by Gasteiger charge is -2.42. The van der Waals surface area contributed by atoms with E-state index in [0.29, 0.717) is 19.5 Å². The van der Waals surface area contributed by atoms with Crippen molar-refractivity contribution in [2.24, 2.45) is 0 Å². The van der Waals surface area contributed by atoms with Crippen LogP contribution in [0.3, 0.4) is 0 Å². The summed E-state index contributed by atoms with van der Waals surface area (Å²) in [6, 6.07) is 9.55. The van der Waals surface area contributed by atoms with Crippen molar-refractivity contribution in [2.45, 2.75) is 25.7 Å². The van der Waals surface area contributed by atoms with Crippen LogP contribution in [0.15, 0.2) is 30.3 Å². The van der Waals surface area contributed by atoms with Gasteiger partial charge in [0.25, 0.3) is 5.91 Å². The molecule has 6 nitrogen and oxygen atoms in total. The van der Waals surface area contributed by atoms with E-state index >= 15 is 0 Å². The summed E-state index contributed by atoms with van der Waals surface area (Å²) in [6.45, 7) is 4.87. The summed E-state index contributed by atoms with van der Waals surface area (Å²) in [6.07, 6.45) is 0.397. The van der Waals surface area contributed by atoms with E-state index in [-0.39, 0.29) is 24.1 Å². The Morgan fingerprint density at radius 3 is 2.45 bits per heavy atom. The molecule has 0 radical (unpaired) electrons. The monoisotopic (exact) mass is 302 g/mol. The van der Waals surface area contributed by atoms with E-state index in [9.17, 15) is 9.59 Å². The van der Waals surface area contributed by atoms with Crippen LogP contribution in [0.25, 0.3) is 0 Å². The number of piperazine rings is 1. The molecule has 0 aliphatic carbocycles. The van der Waals surface area contributed by atoms with Gasteiger partial charge in [0.15, 0.2) is 0 Å². The van der Waals surface area contributed by atoms with E-state index in [0.717, 1.165) is 18.7 Å². The number of hydrogen-bond acceptors (Lipinski definition) is 4. The zero-order valence-electron chi connectivity index (χ0n) is 12.8. The standard InChI is InChI=1S/C16H22N4O2/c1-12-11-14(21)18-16(17-12)20-9-7-19(8-10-20)15(22)13-5-3-2-4-6-13/h2-6,12,16-17H,7-11H2,1H3,(H,18,21). The summed E-state index contributed by atoms with van der Waals surface area (Å²) >= 11 is 0. The molecule has 1 aromatic rings. The third-order valence-electron chi connectivity index (χ3n) is 4.22. The number of nitrogens with zero attached hydrogens (tertiary/aromatic N) is 2. The quantitative estimate of drug-likeness (QED) is 0.821. The second-order valence-electron chi connectivity index (χ2n) is 5.94. The molecule has 2 atom stereocenters. The van der Waals surface area contributed by atoms with Crippen molar-refractivity contribution in [2.75, 3.05) is 26.2 Å². The maximum atomic E-state index is 12.4. The first kappa shape index (κ1) is 15.0. The molecule has 2 unspecified atom stereocenters. The van der Waals surface area contributed by atoms with Crippen molar-refractivity contribution in [3.8, 4) is 0 Å². The van der Waals surface area contributed by atoms with Gasteiger partial charge in [0.05, 0.1) is 0 Å².